The minimum Gasteiger partial charge on any atom is -0.334 e. The summed E-state index contributed by atoms with van der Waals surface area (Å²) in [5.41, 5.74) is 6.49. The Morgan fingerprint density at radius 2 is 2.07 bits per heavy atom. The molecule has 1 N–H and O–H groups in total. The fourth-order valence-electron chi connectivity index (χ4n) is 3.57. The summed E-state index contributed by atoms with van der Waals surface area (Å²) in [5, 5.41) is 11.9. The Balaban J connectivity index is 1.48. The molecule has 134 valence electrons. The van der Waals surface area contributed by atoms with Crippen LogP contribution in [0.1, 0.15) is 27.2 Å². The normalized spacial score (nSPS) is 13.7. The maximum atomic E-state index is 13.1. The predicted octanol–water partition coefficient (Wildman–Crippen LogP) is 2.63. The Morgan fingerprint density at radius 1 is 1.22 bits per heavy atom. The zero-order chi connectivity index (χ0) is 18.4. The van der Waals surface area contributed by atoms with E-state index in [1.165, 1.54) is 5.56 Å². The summed E-state index contributed by atoms with van der Waals surface area (Å²) in [6.45, 7) is 3.23. The lowest BCUT2D eigenvalue weighted by Gasteiger charge is -2.27. The number of hydrogen-bond acceptors (Lipinski definition) is 4. The molecule has 4 heterocycles. The van der Waals surface area contributed by atoms with Gasteiger partial charge in [0, 0.05) is 48.7 Å². The molecule has 27 heavy (non-hydrogen) atoms. The number of fused-ring (bicyclic) bond motifs is 2. The highest BCUT2D eigenvalue weighted by atomic mass is 16.2. The second-order valence-corrected chi connectivity index (χ2v) is 6.82. The van der Waals surface area contributed by atoms with E-state index in [-0.39, 0.29) is 5.91 Å². The first-order valence-electron chi connectivity index (χ1n) is 8.91. The van der Waals surface area contributed by atoms with E-state index in [9.17, 15) is 4.79 Å². The molecule has 3 aromatic heterocycles. The largest absolute Gasteiger partial charge is 0.334 e. The summed E-state index contributed by atoms with van der Waals surface area (Å²) in [4.78, 5) is 19.2. The van der Waals surface area contributed by atoms with Gasteiger partial charge in [0.1, 0.15) is 5.56 Å². The van der Waals surface area contributed by atoms with Crippen molar-refractivity contribution in [2.75, 3.05) is 6.54 Å². The Morgan fingerprint density at radius 3 is 2.93 bits per heavy atom. The van der Waals surface area contributed by atoms with E-state index in [2.05, 4.69) is 51.5 Å². The van der Waals surface area contributed by atoms with Gasteiger partial charge in [0.15, 0.2) is 5.65 Å². The molecule has 1 aromatic carbocycles. The molecule has 5 rings (SSSR count). The molecule has 1 aliphatic rings. The van der Waals surface area contributed by atoms with Gasteiger partial charge in [-0.15, -0.1) is 0 Å². The number of aromatic nitrogens is 5. The van der Waals surface area contributed by atoms with Crippen LogP contribution in [0.25, 0.3) is 16.9 Å². The molecule has 0 bridgehead atoms. The van der Waals surface area contributed by atoms with Crippen LogP contribution in [0.15, 0.2) is 48.9 Å². The first-order chi connectivity index (χ1) is 13.2. The standard InChI is InChI=1S/C20H18N6O/c1-13-3-5-14(6-4-13)18-16-12-25(10-7-17(16)23-24-18)20(27)15-11-22-26-9-2-8-21-19(15)26/h2-6,8-9,11H,7,10,12H2,1H3,(H,23,24). The molecule has 0 aliphatic carbocycles. The predicted molar refractivity (Wildman–Crippen MR) is 100 cm³/mol. The Bertz CT molecular complexity index is 1140. The first kappa shape index (κ1) is 15.7. The van der Waals surface area contributed by atoms with E-state index >= 15 is 0 Å². The van der Waals surface area contributed by atoms with Crippen molar-refractivity contribution in [1.82, 2.24) is 29.7 Å². The van der Waals surface area contributed by atoms with Gasteiger partial charge in [0.25, 0.3) is 5.91 Å². The average Bonchev–Trinajstić information content (AvgIpc) is 3.32. The van der Waals surface area contributed by atoms with Crippen molar-refractivity contribution in [2.24, 2.45) is 0 Å². The number of nitrogens with zero attached hydrogens (tertiary/aromatic N) is 5. The number of aromatic amines is 1. The Kier molecular flexibility index (Phi) is 3.53. The second-order valence-electron chi connectivity index (χ2n) is 6.82. The van der Waals surface area contributed by atoms with Gasteiger partial charge in [0.05, 0.1) is 11.9 Å². The van der Waals surface area contributed by atoms with Crippen LogP contribution in [-0.2, 0) is 13.0 Å². The highest BCUT2D eigenvalue weighted by Gasteiger charge is 2.28. The first-order valence-corrected chi connectivity index (χ1v) is 8.91. The van der Waals surface area contributed by atoms with Gasteiger partial charge in [-0.2, -0.15) is 10.2 Å². The number of carbonyl (C=O) groups is 1. The summed E-state index contributed by atoms with van der Waals surface area (Å²) in [5.74, 6) is -0.0505. The molecule has 7 heteroatoms. The van der Waals surface area contributed by atoms with Gasteiger partial charge in [-0.1, -0.05) is 29.8 Å². The van der Waals surface area contributed by atoms with E-state index in [4.69, 9.17) is 0 Å². The van der Waals surface area contributed by atoms with E-state index in [1.54, 1.807) is 29.2 Å². The molecule has 0 atom stereocenters. The van der Waals surface area contributed by atoms with Gasteiger partial charge < -0.3 is 4.90 Å². The lowest BCUT2D eigenvalue weighted by molar-refractivity contribution is 0.0736. The summed E-state index contributed by atoms with van der Waals surface area (Å²) in [6, 6.07) is 10.1. The second kappa shape index (κ2) is 6.05. The van der Waals surface area contributed by atoms with Gasteiger partial charge in [-0.05, 0) is 13.0 Å². The molecule has 0 unspecified atom stereocenters. The number of benzene rings is 1. The third-order valence-electron chi connectivity index (χ3n) is 5.06. The fourth-order valence-corrected chi connectivity index (χ4v) is 3.57. The van der Waals surface area contributed by atoms with Crippen LogP contribution in [0.3, 0.4) is 0 Å². The lowest BCUT2D eigenvalue weighted by atomic mass is 10.00. The molecule has 4 aromatic rings. The fraction of sp³-hybridized carbons (Fsp3) is 0.200. The number of nitrogens with one attached hydrogen (secondary N) is 1. The van der Waals surface area contributed by atoms with Gasteiger partial charge in [-0.3, -0.25) is 9.89 Å². The quantitative estimate of drug-likeness (QED) is 0.597. The molecule has 1 aliphatic heterocycles. The molecule has 0 saturated carbocycles. The summed E-state index contributed by atoms with van der Waals surface area (Å²) in [6.07, 6.45) is 5.82. The van der Waals surface area contributed by atoms with Crippen molar-refractivity contribution in [3.63, 3.8) is 0 Å². The van der Waals surface area contributed by atoms with E-state index < -0.39 is 0 Å². The van der Waals surface area contributed by atoms with Crippen molar-refractivity contribution in [1.29, 1.82) is 0 Å². The van der Waals surface area contributed by atoms with Gasteiger partial charge >= 0.3 is 0 Å². The van der Waals surface area contributed by atoms with Crippen LogP contribution >= 0.6 is 0 Å². The molecule has 0 saturated heterocycles. The van der Waals surface area contributed by atoms with Crippen molar-refractivity contribution in [3.05, 3.63) is 71.3 Å². The van der Waals surface area contributed by atoms with Gasteiger partial charge in [0.2, 0.25) is 0 Å². The minimum absolute atomic E-state index is 0.0505. The van der Waals surface area contributed by atoms with E-state index in [0.717, 1.165) is 28.9 Å². The summed E-state index contributed by atoms with van der Waals surface area (Å²) in [7, 11) is 0. The summed E-state index contributed by atoms with van der Waals surface area (Å²) < 4.78 is 1.62. The van der Waals surface area contributed by atoms with E-state index in [0.29, 0.717) is 24.3 Å². The third-order valence-corrected chi connectivity index (χ3v) is 5.06. The highest BCUT2D eigenvalue weighted by Crippen LogP contribution is 2.29. The molecule has 0 spiro atoms. The zero-order valence-electron chi connectivity index (χ0n) is 14.9. The van der Waals surface area contributed by atoms with Crippen LogP contribution in [0.4, 0.5) is 0 Å². The smallest absolute Gasteiger partial charge is 0.259 e. The zero-order valence-corrected chi connectivity index (χ0v) is 14.9. The monoisotopic (exact) mass is 358 g/mol. The Hall–Kier alpha value is -3.48. The number of rotatable bonds is 2. The van der Waals surface area contributed by atoms with E-state index in [1.807, 2.05) is 4.90 Å². The maximum absolute atomic E-state index is 13.1. The molecule has 0 radical (unpaired) electrons. The van der Waals surface area contributed by atoms with Crippen LogP contribution in [0.2, 0.25) is 0 Å². The molecule has 7 nitrogen and oxygen atoms in total. The molecular formula is C20H18N6O. The topological polar surface area (TPSA) is 79.2 Å². The van der Waals surface area contributed by atoms with Crippen LogP contribution in [0, 0.1) is 6.92 Å². The number of hydrogen-bond donors (Lipinski definition) is 1. The van der Waals surface area contributed by atoms with Crippen molar-refractivity contribution >= 4 is 11.6 Å². The molecule has 1 amide bonds. The number of carbonyl (C=O) groups excluding carboxylic acids is 1. The molecular weight excluding hydrogens is 340 g/mol. The Labute approximate surface area is 155 Å². The highest BCUT2D eigenvalue weighted by molar-refractivity contribution is 5.99. The van der Waals surface area contributed by atoms with Gasteiger partial charge in [-0.25, -0.2) is 9.50 Å². The van der Waals surface area contributed by atoms with Crippen LogP contribution in [0.5, 0.6) is 0 Å². The SMILES string of the molecule is Cc1ccc(-c2n[nH]c3c2CN(C(=O)c2cnn4cccnc24)CC3)cc1. The van der Waals surface area contributed by atoms with Crippen molar-refractivity contribution in [2.45, 2.75) is 19.9 Å². The maximum Gasteiger partial charge on any atom is 0.259 e. The number of amides is 1. The van der Waals surface area contributed by atoms with Crippen LogP contribution in [-0.4, -0.2) is 42.1 Å². The van der Waals surface area contributed by atoms with Crippen molar-refractivity contribution in [3.8, 4) is 11.3 Å². The molecule has 0 fully saturated rings. The third kappa shape index (κ3) is 2.59. The van der Waals surface area contributed by atoms with Crippen LogP contribution < -0.4 is 0 Å². The van der Waals surface area contributed by atoms with Crippen molar-refractivity contribution < 1.29 is 4.79 Å². The number of H-pyrrole nitrogens is 1. The summed E-state index contributed by atoms with van der Waals surface area (Å²) >= 11 is 0. The minimum atomic E-state index is -0.0505. The number of aryl methyl sites for hydroxylation is 1. The lowest BCUT2D eigenvalue weighted by Crippen LogP contribution is -2.36. The average molecular weight is 358 g/mol.